The van der Waals surface area contributed by atoms with E-state index in [1.54, 1.807) is 0 Å². The number of nitrogens with zero attached hydrogens (tertiary/aromatic N) is 1. The van der Waals surface area contributed by atoms with Gasteiger partial charge in [0, 0.05) is 6.42 Å². The maximum atomic E-state index is 12.3. The largest absolute Gasteiger partial charge is 0.472 e. The third-order valence-electron chi connectivity index (χ3n) is 6.51. The topological polar surface area (TPSA) is 112 Å². The number of aliphatic hydroxyl groups is 1. The van der Waals surface area contributed by atoms with Gasteiger partial charge in [-0.2, -0.15) is 0 Å². The second-order valence-electron chi connectivity index (χ2n) is 11.6. The minimum Gasteiger partial charge on any atom is -0.463 e. The molecule has 0 saturated carbocycles. The lowest BCUT2D eigenvalue weighted by Gasteiger charge is -2.25. The number of quaternary nitrogens is 1. The predicted molar refractivity (Wildman–Crippen MR) is 156 cm³/mol. The third kappa shape index (κ3) is 27.4. The molecule has 234 valence electrons. The lowest BCUT2D eigenvalue weighted by molar-refractivity contribution is -0.870. The number of phosphoric ester groups is 1. The monoisotopic (exact) mass is 582 g/mol. The molecule has 0 aromatic heterocycles. The molecule has 0 aromatic carbocycles. The Morgan fingerprint density at radius 1 is 0.769 bits per heavy atom. The maximum absolute atomic E-state index is 12.3. The van der Waals surface area contributed by atoms with Gasteiger partial charge >= 0.3 is 13.8 Å². The molecule has 0 heterocycles. The molecule has 10 heteroatoms. The Kier molecular flexibility index (Phi) is 23.8. The number of carbonyl (C=O) groups excluding carboxylic acids is 1. The van der Waals surface area contributed by atoms with Crippen molar-refractivity contribution in [2.75, 3.05) is 47.5 Å². The Balaban J connectivity index is 4.54. The number of carbonyl (C=O) groups is 1. The van der Waals surface area contributed by atoms with E-state index in [0.29, 0.717) is 23.9 Å². The van der Waals surface area contributed by atoms with Crippen molar-refractivity contribution in [3.05, 3.63) is 0 Å². The van der Waals surface area contributed by atoms with E-state index in [2.05, 4.69) is 13.8 Å². The number of unbranched alkanes of at least 4 members (excludes halogenated alkanes) is 13. The Bertz CT molecular complexity index is 629. The molecule has 9 nitrogen and oxygen atoms in total. The smallest absolute Gasteiger partial charge is 0.463 e. The third-order valence-corrected chi connectivity index (χ3v) is 7.49. The van der Waals surface area contributed by atoms with E-state index >= 15 is 0 Å². The van der Waals surface area contributed by atoms with E-state index < -0.39 is 20.2 Å². The highest BCUT2D eigenvalue weighted by Gasteiger charge is 2.26. The SMILES string of the molecule is CCCCCCCCCCC[C@@H](O)O[C@H](COC(=O)CCCCCCCC)COP(=O)(O)OCC[N+](C)(C)C. The van der Waals surface area contributed by atoms with Crippen LogP contribution in [0.25, 0.3) is 0 Å². The quantitative estimate of drug-likeness (QED) is 0.0343. The Hall–Kier alpha value is -0.540. The summed E-state index contributed by atoms with van der Waals surface area (Å²) in [4.78, 5) is 22.2. The molecule has 0 saturated heterocycles. The zero-order valence-electron chi connectivity index (χ0n) is 25.7. The van der Waals surface area contributed by atoms with Crippen LogP contribution in [-0.4, -0.2) is 80.4 Å². The van der Waals surface area contributed by atoms with Crippen LogP contribution in [0.4, 0.5) is 0 Å². The second-order valence-corrected chi connectivity index (χ2v) is 13.1. The van der Waals surface area contributed by atoms with Gasteiger partial charge < -0.3 is 24.0 Å². The number of likely N-dealkylation sites (N-methyl/N-ethyl adjacent to an activating group) is 1. The van der Waals surface area contributed by atoms with Gasteiger partial charge in [0.15, 0.2) is 6.29 Å². The zero-order chi connectivity index (χ0) is 29.4. The van der Waals surface area contributed by atoms with E-state index in [-0.39, 0.29) is 25.8 Å². The van der Waals surface area contributed by atoms with Crippen LogP contribution in [-0.2, 0) is 27.9 Å². The zero-order valence-corrected chi connectivity index (χ0v) is 26.6. The average Bonchev–Trinajstić information content (AvgIpc) is 2.85. The van der Waals surface area contributed by atoms with Crippen LogP contribution in [0.1, 0.15) is 123 Å². The Morgan fingerprint density at radius 3 is 1.82 bits per heavy atom. The summed E-state index contributed by atoms with van der Waals surface area (Å²) < 4.78 is 34.1. The van der Waals surface area contributed by atoms with E-state index in [1.165, 1.54) is 57.8 Å². The first-order valence-corrected chi connectivity index (χ1v) is 16.9. The fourth-order valence-corrected chi connectivity index (χ4v) is 4.74. The molecular weight excluding hydrogens is 521 g/mol. The van der Waals surface area contributed by atoms with Crippen molar-refractivity contribution in [1.82, 2.24) is 0 Å². The molecule has 0 fully saturated rings. The number of aliphatic hydroxyl groups excluding tert-OH is 1. The Morgan fingerprint density at radius 2 is 1.28 bits per heavy atom. The summed E-state index contributed by atoms with van der Waals surface area (Å²) in [5.74, 6) is -0.348. The Labute approximate surface area is 239 Å². The maximum Gasteiger partial charge on any atom is 0.472 e. The van der Waals surface area contributed by atoms with Gasteiger partial charge in [0.1, 0.15) is 25.9 Å². The molecule has 0 radical (unpaired) electrons. The molecule has 1 unspecified atom stereocenters. The van der Waals surface area contributed by atoms with Gasteiger partial charge in [-0.1, -0.05) is 97.3 Å². The molecular formula is C29H61NO8P+. The first-order valence-electron chi connectivity index (χ1n) is 15.4. The van der Waals surface area contributed by atoms with Gasteiger partial charge in [0.05, 0.1) is 27.7 Å². The number of ether oxygens (including phenoxy) is 2. The highest BCUT2D eigenvalue weighted by molar-refractivity contribution is 7.47. The summed E-state index contributed by atoms with van der Waals surface area (Å²) in [6.45, 7) is 4.46. The lowest BCUT2D eigenvalue weighted by atomic mass is 10.1. The summed E-state index contributed by atoms with van der Waals surface area (Å²) >= 11 is 0. The molecule has 0 aliphatic rings. The highest BCUT2D eigenvalue weighted by Crippen LogP contribution is 2.43. The molecule has 0 rings (SSSR count). The van der Waals surface area contributed by atoms with Crippen LogP contribution in [0.15, 0.2) is 0 Å². The van der Waals surface area contributed by atoms with Crippen molar-refractivity contribution >= 4 is 13.8 Å². The fraction of sp³-hybridized carbons (Fsp3) is 0.966. The van der Waals surface area contributed by atoms with E-state index in [4.69, 9.17) is 18.5 Å². The summed E-state index contributed by atoms with van der Waals surface area (Å²) in [5, 5.41) is 10.4. The standard InChI is InChI=1S/C29H60NO8P/c1-6-8-10-12-14-15-16-18-20-22-29(32)38-27(25-35-28(31)21-19-17-13-11-9-7-2)26-37-39(33,34)36-24-23-30(3,4)5/h27,29,32H,6-26H2,1-5H3/p+1/t27-,29+/m1/s1. The van der Waals surface area contributed by atoms with Crippen molar-refractivity contribution in [3.63, 3.8) is 0 Å². The summed E-state index contributed by atoms with van der Waals surface area (Å²) in [5.41, 5.74) is 0. The first kappa shape index (κ1) is 38.5. The minimum atomic E-state index is -4.31. The van der Waals surface area contributed by atoms with Crippen molar-refractivity contribution in [3.8, 4) is 0 Å². The summed E-state index contributed by atoms with van der Waals surface area (Å²) in [7, 11) is 1.54. The van der Waals surface area contributed by atoms with Gasteiger partial charge in [-0.25, -0.2) is 4.57 Å². The molecule has 39 heavy (non-hydrogen) atoms. The highest BCUT2D eigenvalue weighted by atomic mass is 31.2. The molecule has 0 amide bonds. The van der Waals surface area contributed by atoms with Gasteiger partial charge in [-0.05, 0) is 19.3 Å². The van der Waals surface area contributed by atoms with Gasteiger partial charge in [-0.3, -0.25) is 13.8 Å². The van der Waals surface area contributed by atoms with Crippen molar-refractivity contribution < 1.29 is 42.4 Å². The van der Waals surface area contributed by atoms with Crippen LogP contribution in [0.3, 0.4) is 0 Å². The molecule has 0 spiro atoms. The van der Waals surface area contributed by atoms with E-state index in [9.17, 15) is 19.4 Å². The molecule has 0 bridgehead atoms. The first-order chi connectivity index (χ1) is 18.5. The number of hydrogen-bond donors (Lipinski definition) is 2. The number of hydrogen-bond acceptors (Lipinski definition) is 7. The van der Waals surface area contributed by atoms with E-state index in [1.807, 2.05) is 21.1 Å². The van der Waals surface area contributed by atoms with Gasteiger partial charge in [0.25, 0.3) is 0 Å². The molecule has 0 aromatic rings. The number of rotatable bonds is 28. The van der Waals surface area contributed by atoms with Gasteiger partial charge in [-0.15, -0.1) is 0 Å². The molecule has 0 aliphatic heterocycles. The van der Waals surface area contributed by atoms with Crippen LogP contribution in [0.2, 0.25) is 0 Å². The second kappa shape index (κ2) is 24.1. The summed E-state index contributed by atoms with van der Waals surface area (Å²) in [6.07, 6.45) is 15.7. The van der Waals surface area contributed by atoms with Crippen LogP contribution < -0.4 is 0 Å². The van der Waals surface area contributed by atoms with Crippen LogP contribution in [0, 0.1) is 0 Å². The minimum absolute atomic E-state index is 0.0528. The number of esters is 1. The van der Waals surface area contributed by atoms with Gasteiger partial charge in [0.2, 0.25) is 0 Å². The molecule has 3 atom stereocenters. The average molecular weight is 583 g/mol. The lowest BCUT2D eigenvalue weighted by Crippen LogP contribution is -2.37. The molecule has 2 N–H and O–H groups in total. The molecule has 0 aliphatic carbocycles. The number of phosphoric acid groups is 1. The predicted octanol–water partition coefficient (Wildman–Crippen LogP) is 6.74. The van der Waals surface area contributed by atoms with Crippen molar-refractivity contribution in [2.24, 2.45) is 0 Å². The van der Waals surface area contributed by atoms with E-state index in [0.717, 1.165) is 38.5 Å². The summed E-state index contributed by atoms with van der Waals surface area (Å²) in [6, 6.07) is 0. The fourth-order valence-electron chi connectivity index (χ4n) is 4.00. The van der Waals surface area contributed by atoms with Crippen LogP contribution in [0.5, 0.6) is 0 Å². The normalized spacial score (nSPS) is 15.2. The van der Waals surface area contributed by atoms with Crippen molar-refractivity contribution in [1.29, 1.82) is 0 Å². The van der Waals surface area contributed by atoms with Crippen molar-refractivity contribution in [2.45, 2.75) is 135 Å². The van der Waals surface area contributed by atoms with Crippen LogP contribution >= 0.6 is 7.82 Å².